The van der Waals surface area contributed by atoms with E-state index >= 15 is 0 Å². The van der Waals surface area contributed by atoms with E-state index in [1.807, 2.05) is 13.8 Å². The van der Waals surface area contributed by atoms with Gasteiger partial charge < -0.3 is 14.3 Å². The van der Waals surface area contributed by atoms with Crippen molar-refractivity contribution in [3.8, 4) is 5.75 Å². The molecule has 0 fully saturated rings. The van der Waals surface area contributed by atoms with Crippen LogP contribution in [-0.4, -0.2) is 18.2 Å². The molecule has 1 atom stereocenters. The lowest BCUT2D eigenvalue weighted by molar-refractivity contribution is -0.141. The van der Waals surface area contributed by atoms with Gasteiger partial charge in [0.2, 0.25) is 11.2 Å². The molecule has 0 radical (unpaired) electrons. The minimum Gasteiger partial charge on any atom is -0.502 e. The summed E-state index contributed by atoms with van der Waals surface area (Å²) < 4.78 is 24.2. The van der Waals surface area contributed by atoms with Gasteiger partial charge in [-0.15, -0.1) is 11.8 Å². The van der Waals surface area contributed by atoms with E-state index in [1.165, 1.54) is 31.0 Å². The van der Waals surface area contributed by atoms with Crippen LogP contribution in [0.4, 0.5) is 4.39 Å². The van der Waals surface area contributed by atoms with Gasteiger partial charge in [0.1, 0.15) is 11.6 Å². The summed E-state index contributed by atoms with van der Waals surface area (Å²) in [6, 6.07) is 7.51. The van der Waals surface area contributed by atoms with E-state index in [1.54, 1.807) is 18.2 Å². The molecule has 1 heterocycles. The Balaban J connectivity index is 2.30. The summed E-state index contributed by atoms with van der Waals surface area (Å²) in [6.45, 7) is 3.94. The highest BCUT2D eigenvalue weighted by molar-refractivity contribution is 7.98. The standard InChI is InChI=1S/C20H23FO5S/c1-12(2)8-13(9-18(23)25-3)20-19(24)16(22)10-14(26-20)11-27-17-7-5-4-6-15(17)21/h4-7,10,12-13,24H,8-9,11H2,1-3H3/t13-/m0/s1. The molecule has 0 spiro atoms. The van der Waals surface area contributed by atoms with Crippen molar-refractivity contribution in [2.24, 2.45) is 5.92 Å². The molecule has 0 aliphatic rings. The minimum absolute atomic E-state index is 0.00487. The Morgan fingerprint density at radius 1 is 1.33 bits per heavy atom. The van der Waals surface area contributed by atoms with Crippen molar-refractivity contribution >= 4 is 17.7 Å². The highest BCUT2D eigenvalue weighted by Crippen LogP contribution is 2.34. The van der Waals surface area contributed by atoms with Crippen LogP contribution in [-0.2, 0) is 15.3 Å². The molecule has 2 rings (SSSR count). The highest BCUT2D eigenvalue weighted by atomic mass is 32.2. The maximum atomic E-state index is 13.8. The molecule has 0 saturated carbocycles. The molecule has 0 saturated heterocycles. The van der Waals surface area contributed by atoms with E-state index in [0.29, 0.717) is 17.1 Å². The summed E-state index contributed by atoms with van der Waals surface area (Å²) in [7, 11) is 1.28. The molecule has 5 nitrogen and oxygen atoms in total. The van der Waals surface area contributed by atoms with Gasteiger partial charge in [0.15, 0.2) is 5.76 Å². The average molecular weight is 394 g/mol. The van der Waals surface area contributed by atoms with E-state index in [9.17, 15) is 19.1 Å². The van der Waals surface area contributed by atoms with Crippen molar-refractivity contribution in [3.63, 3.8) is 0 Å². The topological polar surface area (TPSA) is 76.7 Å². The van der Waals surface area contributed by atoms with Gasteiger partial charge in [-0.2, -0.15) is 0 Å². The van der Waals surface area contributed by atoms with E-state index in [4.69, 9.17) is 9.15 Å². The quantitative estimate of drug-likeness (QED) is 0.526. The lowest BCUT2D eigenvalue weighted by atomic mass is 9.91. The predicted octanol–water partition coefficient (Wildman–Crippen LogP) is 4.47. The number of halogens is 1. The number of benzene rings is 1. The molecule has 7 heteroatoms. The second kappa shape index (κ2) is 9.60. The summed E-state index contributed by atoms with van der Waals surface area (Å²) in [4.78, 5) is 24.3. The van der Waals surface area contributed by atoms with Crippen LogP contribution in [0.1, 0.15) is 44.1 Å². The summed E-state index contributed by atoms with van der Waals surface area (Å²) >= 11 is 1.19. The first-order valence-corrected chi connectivity index (χ1v) is 9.60. The van der Waals surface area contributed by atoms with Gasteiger partial charge in [-0.05, 0) is 24.5 Å². The van der Waals surface area contributed by atoms with Gasteiger partial charge in [-0.25, -0.2) is 4.39 Å². The number of rotatable bonds is 8. The summed E-state index contributed by atoms with van der Waals surface area (Å²) in [6.07, 6.45) is 0.532. The van der Waals surface area contributed by atoms with E-state index < -0.39 is 23.1 Å². The molecule has 0 aliphatic heterocycles. The number of aromatic hydroxyl groups is 1. The largest absolute Gasteiger partial charge is 0.502 e. The second-order valence-corrected chi connectivity index (χ2v) is 7.63. The molecular weight excluding hydrogens is 371 g/mol. The maximum absolute atomic E-state index is 13.8. The van der Waals surface area contributed by atoms with E-state index in [2.05, 4.69) is 0 Å². The molecular formula is C20H23FO5S. The van der Waals surface area contributed by atoms with Crippen molar-refractivity contribution < 1.29 is 23.4 Å². The number of carbonyl (C=O) groups is 1. The van der Waals surface area contributed by atoms with Crippen LogP contribution >= 0.6 is 11.8 Å². The molecule has 0 bridgehead atoms. The normalized spacial score (nSPS) is 12.2. The van der Waals surface area contributed by atoms with Crippen molar-refractivity contribution in [2.45, 2.75) is 43.3 Å². The van der Waals surface area contributed by atoms with Crippen LogP contribution in [0, 0.1) is 11.7 Å². The molecule has 2 aromatic rings. The third-order valence-electron chi connectivity index (χ3n) is 3.97. The number of methoxy groups -OCH3 is 1. The fraction of sp³-hybridized carbons (Fsp3) is 0.400. The Kier molecular flexibility index (Phi) is 7.47. The van der Waals surface area contributed by atoms with Gasteiger partial charge in [-0.1, -0.05) is 26.0 Å². The summed E-state index contributed by atoms with van der Waals surface area (Å²) in [5.74, 6) is -0.976. The highest BCUT2D eigenvalue weighted by Gasteiger charge is 2.25. The third-order valence-corrected chi connectivity index (χ3v) is 5.04. The van der Waals surface area contributed by atoms with Crippen LogP contribution in [0.5, 0.6) is 5.75 Å². The Morgan fingerprint density at radius 3 is 2.67 bits per heavy atom. The van der Waals surface area contributed by atoms with Gasteiger partial charge in [-0.3, -0.25) is 9.59 Å². The maximum Gasteiger partial charge on any atom is 0.306 e. The van der Waals surface area contributed by atoms with Crippen LogP contribution in [0.2, 0.25) is 0 Å². The Bertz CT molecular complexity index is 847. The number of ether oxygens (including phenoxy) is 1. The van der Waals surface area contributed by atoms with Gasteiger partial charge >= 0.3 is 5.97 Å². The average Bonchev–Trinajstić information content (AvgIpc) is 2.62. The summed E-state index contributed by atoms with van der Waals surface area (Å²) in [5.41, 5.74) is -0.584. The molecule has 146 valence electrons. The molecule has 27 heavy (non-hydrogen) atoms. The van der Waals surface area contributed by atoms with Crippen LogP contribution in [0.15, 0.2) is 44.4 Å². The van der Waals surface area contributed by atoms with Crippen LogP contribution in [0.3, 0.4) is 0 Å². The Morgan fingerprint density at radius 2 is 2.04 bits per heavy atom. The third kappa shape index (κ3) is 5.85. The fourth-order valence-electron chi connectivity index (χ4n) is 2.75. The van der Waals surface area contributed by atoms with Crippen molar-refractivity contribution in [1.82, 2.24) is 0 Å². The zero-order valence-corrected chi connectivity index (χ0v) is 16.3. The second-order valence-electron chi connectivity index (χ2n) is 6.62. The fourth-order valence-corrected chi connectivity index (χ4v) is 3.57. The van der Waals surface area contributed by atoms with Crippen LogP contribution < -0.4 is 5.43 Å². The molecule has 1 aromatic carbocycles. The SMILES string of the molecule is COC(=O)C[C@H](CC(C)C)c1oc(CSc2ccccc2F)cc(=O)c1O. The van der Waals surface area contributed by atoms with Gasteiger partial charge in [0.05, 0.1) is 19.3 Å². The lowest BCUT2D eigenvalue weighted by Gasteiger charge is -2.18. The number of thioether (sulfide) groups is 1. The molecule has 0 amide bonds. The van der Waals surface area contributed by atoms with Gasteiger partial charge in [0, 0.05) is 16.9 Å². The lowest BCUT2D eigenvalue weighted by Crippen LogP contribution is -2.14. The first-order chi connectivity index (χ1) is 12.8. The van der Waals surface area contributed by atoms with Crippen molar-refractivity contribution in [2.75, 3.05) is 7.11 Å². The minimum atomic E-state index is -0.584. The summed E-state index contributed by atoms with van der Waals surface area (Å²) in [5, 5.41) is 10.2. The Hall–Kier alpha value is -2.28. The Labute approximate surface area is 161 Å². The number of hydrogen-bond donors (Lipinski definition) is 1. The smallest absolute Gasteiger partial charge is 0.306 e. The predicted molar refractivity (Wildman–Crippen MR) is 101 cm³/mol. The first kappa shape index (κ1) is 21.0. The molecule has 1 N–H and O–H groups in total. The zero-order chi connectivity index (χ0) is 20.0. The first-order valence-electron chi connectivity index (χ1n) is 8.61. The number of esters is 1. The zero-order valence-electron chi connectivity index (χ0n) is 15.5. The van der Waals surface area contributed by atoms with E-state index in [-0.39, 0.29) is 29.7 Å². The number of hydrogen-bond acceptors (Lipinski definition) is 6. The molecule has 1 aromatic heterocycles. The van der Waals surface area contributed by atoms with E-state index in [0.717, 1.165) is 0 Å². The monoisotopic (exact) mass is 394 g/mol. The number of carbonyl (C=O) groups excluding carboxylic acids is 1. The van der Waals surface area contributed by atoms with Crippen molar-refractivity contribution in [1.29, 1.82) is 0 Å². The molecule has 0 unspecified atom stereocenters. The van der Waals surface area contributed by atoms with Crippen LogP contribution in [0.25, 0.3) is 0 Å². The van der Waals surface area contributed by atoms with Gasteiger partial charge in [0.25, 0.3) is 0 Å². The molecule has 0 aliphatic carbocycles. The van der Waals surface area contributed by atoms with Crippen molar-refractivity contribution in [3.05, 3.63) is 57.9 Å².